The summed E-state index contributed by atoms with van der Waals surface area (Å²) in [5, 5.41) is 2.68. The molecule has 0 bridgehead atoms. The Bertz CT molecular complexity index is 777. The highest BCUT2D eigenvalue weighted by Gasteiger charge is 2.29. The number of nitrogens with one attached hydrogen (secondary N) is 1. The van der Waals surface area contributed by atoms with Crippen molar-refractivity contribution in [1.82, 2.24) is 5.32 Å². The average Bonchev–Trinajstić information content (AvgIpc) is 2.50. The predicted molar refractivity (Wildman–Crippen MR) is 77.3 cm³/mol. The van der Waals surface area contributed by atoms with E-state index in [1.165, 1.54) is 6.92 Å². The minimum atomic E-state index is -0.148. The normalized spacial score (nSPS) is 12.6. The number of carbonyl (C=O) groups excluding carboxylic acids is 3. The van der Waals surface area contributed by atoms with Gasteiger partial charge in [0.1, 0.15) is 0 Å². The van der Waals surface area contributed by atoms with Crippen LogP contribution in [0.15, 0.2) is 42.5 Å². The van der Waals surface area contributed by atoms with Crippen LogP contribution in [0.2, 0.25) is 0 Å². The van der Waals surface area contributed by atoms with Crippen molar-refractivity contribution in [2.75, 3.05) is 0 Å². The van der Waals surface area contributed by atoms with Crippen LogP contribution in [-0.4, -0.2) is 17.5 Å². The highest BCUT2D eigenvalue weighted by molar-refractivity contribution is 6.28. The molecule has 1 N–H and O–H groups in total. The number of fused-ring (bicyclic) bond motifs is 2. The third kappa shape index (κ3) is 2.25. The lowest BCUT2D eigenvalue weighted by Crippen LogP contribution is -2.22. The Kier molecular flexibility index (Phi) is 3.14. The van der Waals surface area contributed by atoms with E-state index in [2.05, 4.69) is 5.32 Å². The van der Waals surface area contributed by atoms with Gasteiger partial charge in [0.25, 0.3) is 0 Å². The fraction of sp³-hybridized carbons (Fsp3) is 0.118. The first-order valence-corrected chi connectivity index (χ1v) is 6.63. The van der Waals surface area contributed by atoms with Crippen LogP contribution in [-0.2, 0) is 11.3 Å². The van der Waals surface area contributed by atoms with Crippen molar-refractivity contribution in [2.24, 2.45) is 0 Å². The van der Waals surface area contributed by atoms with Crippen molar-refractivity contribution in [1.29, 1.82) is 0 Å². The molecule has 0 spiro atoms. The first-order valence-electron chi connectivity index (χ1n) is 6.63. The molecule has 104 valence electrons. The molecule has 21 heavy (non-hydrogen) atoms. The van der Waals surface area contributed by atoms with Crippen molar-refractivity contribution in [2.45, 2.75) is 13.5 Å². The molecule has 0 fully saturated rings. The molecule has 4 heteroatoms. The van der Waals surface area contributed by atoms with Gasteiger partial charge in [-0.25, -0.2) is 0 Å². The number of carbonyl (C=O) groups is 3. The summed E-state index contributed by atoms with van der Waals surface area (Å²) in [4.78, 5) is 35.9. The first kappa shape index (κ1) is 13.2. The Morgan fingerprint density at radius 1 is 0.905 bits per heavy atom. The molecule has 3 rings (SSSR count). The van der Waals surface area contributed by atoms with E-state index in [9.17, 15) is 14.4 Å². The summed E-state index contributed by atoms with van der Waals surface area (Å²) in [6.45, 7) is 1.77. The van der Waals surface area contributed by atoms with Gasteiger partial charge in [-0.1, -0.05) is 30.3 Å². The second-order valence-electron chi connectivity index (χ2n) is 4.99. The molecule has 0 aliphatic heterocycles. The molecule has 4 nitrogen and oxygen atoms in total. The SMILES string of the molecule is CC(=O)NCc1ccc2c(c1)C(=O)c1ccccc1C2=O. The molecule has 0 atom stereocenters. The summed E-state index contributed by atoms with van der Waals surface area (Å²) in [7, 11) is 0. The summed E-state index contributed by atoms with van der Waals surface area (Å²) in [6.07, 6.45) is 0. The summed E-state index contributed by atoms with van der Waals surface area (Å²) in [5.74, 6) is -0.420. The van der Waals surface area contributed by atoms with E-state index in [1.54, 1.807) is 42.5 Å². The van der Waals surface area contributed by atoms with E-state index in [4.69, 9.17) is 0 Å². The van der Waals surface area contributed by atoms with Gasteiger partial charge in [-0.05, 0) is 17.7 Å². The van der Waals surface area contributed by atoms with Crippen molar-refractivity contribution in [3.8, 4) is 0 Å². The highest BCUT2D eigenvalue weighted by Crippen LogP contribution is 2.27. The summed E-state index contributed by atoms with van der Waals surface area (Å²) < 4.78 is 0. The zero-order chi connectivity index (χ0) is 15.0. The second-order valence-corrected chi connectivity index (χ2v) is 4.99. The summed E-state index contributed by atoms with van der Waals surface area (Å²) in [5.41, 5.74) is 2.51. The molecule has 0 saturated heterocycles. The number of ketones is 2. The smallest absolute Gasteiger partial charge is 0.217 e. The molecule has 0 unspecified atom stereocenters. The van der Waals surface area contributed by atoms with Gasteiger partial charge in [-0.15, -0.1) is 0 Å². The van der Waals surface area contributed by atoms with Gasteiger partial charge in [0.2, 0.25) is 5.91 Å². The quantitative estimate of drug-likeness (QED) is 0.781. The highest BCUT2D eigenvalue weighted by atomic mass is 16.1. The van der Waals surface area contributed by atoms with Gasteiger partial charge < -0.3 is 5.32 Å². The molecule has 1 aliphatic carbocycles. The van der Waals surface area contributed by atoms with Crippen LogP contribution in [0.4, 0.5) is 0 Å². The van der Waals surface area contributed by atoms with Crippen molar-refractivity contribution < 1.29 is 14.4 Å². The van der Waals surface area contributed by atoms with E-state index in [1.807, 2.05) is 0 Å². The van der Waals surface area contributed by atoms with Crippen LogP contribution in [0.5, 0.6) is 0 Å². The maximum atomic E-state index is 12.5. The van der Waals surface area contributed by atoms with Crippen molar-refractivity contribution in [3.63, 3.8) is 0 Å². The van der Waals surface area contributed by atoms with E-state index < -0.39 is 0 Å². The van der Waals surface area contributed by atoms with Gasteiger partial charge >= 0.3 is 0 Å². The lowest BCUT2D eigenvalue weighted by Gasteiger charge is -2.18. The van der Waals surface area contributed by atoms with Crippen LogP contribution in [0.3, 0.4) is 0 Å². The standard InChI is InChI=1S/C17H13NO3/c1-10(19)18-9-11-6-7-14-15(8-11)17(21)13-5-3-2-4-12(13)16(14)20/h2-8H,9H2,1H3,(H,18,19). The molecule has 1 amide bonds. The Morgan fingerprint density at radius 2 is 1.48 bits per heavy atom. The van der Waals surface area contributed by atoms with Crippen LogP contribution in [0, 0.1) is 0 Å². The molecule has 0 aromatic heterocycles. The van der Waals surface area contributed by atoms with E-state index in [0.29, 0.717) is 28.8 Å². The van der Waals surface area contributed by atoms with Gasteiger partial charge in [-0.2, -0.15) is 0 Å². The van der Waals surface area contributed by atoms with Gasteiger partial charge in [0, 0.05) is 35.7 Å². The lowest BCUT2D eigenvalue weighted by molar-refractivity contribution is -0.119. The number of hydrogen-bond acceptors (Lipinski definition) is 3. The fourth-order valence-electron chi connectivity index (χ4n) is 2.48. The zero-order valence-electron chi connectivity index (χ0n) is 11.5. The number of hydrogen-bond donors (Lipinski definition) is 1. The maximum absolute atomic E-state index is 12.5. The van der Waals surface area contributed by atoms with Crippen LogP contribution >= 0.6 is 0 Å². The topological polar surface area (TPSA) is 63.2 Å². The summed E-state index contributed by atoms with van der Waals surface area (Å²) >= 11 is 0. The zero-order valence-corrected chi connectivity index (χ0v) is 11.5. The number of amides is 1. The lowest BCUT2D eigenvalue weighted by atomic mass is 9.83. The Hall–Kier alpha value is -2.75. The molecule has 0 heterocycles. The monoisotopic (exact) mass is 279 g/mol. The second kappa shape index (κ2) is 4.98. The molecular weight excluding hydrogens is 266 g/mol. The molecular formula is C17H13NO3. The predicted octanol–water partition coefficient (Wildman–Crippen LogP) is 2.10. The largest absolute Gasteiger partial charge is 0.352 e. The van der Waals surface area contributed by atoms with E-state index >= 15 is 0 Å². The number of rotatable bonds is 2. The third-order valence-electron chi connectivity index (χ3n) is 3.53. The average molecular weight is 279 g/mol. The fourth-order valence-corrected chi connectivity index (χ4v) is 2.48. The van der Waals surface area contributed by atoms with Crippen LogP contribution in [0.1, 0.15) is 44.3 Å². The molecule has 1 aliphatic rings. The molecule has 2 aromatic rings. The Labute approximate surface area is 121 Å². The summed E-state index contributed by atoms with van der Waals surface area (Å²) in [6, 6.07) is 11.9. The molecule has 0 radical (unpaired) electrons. The molecule has 0 saturated carbocycles. The van der Waals surface area contributed by atoms with Crippen LogP contribution in [0.25, 0.3) is 0 Å². The number of benzene rings is 2. The minimum absolute atomic E-state index is 0.133. The van der Waals surface area contributed by atoms with Gasteiger partial charge in [0.05, 0.1) is 0 Å². The van der Waals surface area contributed by atoms with Gasteiger partial charge in [0.15, 0.2) is 11.6 Å². The van der Waals surface area contributed by atoms with E-state index in [0.717, 1.165) is 5.56 Å². The van der Waals surface area contributed by atoms with Crippen molar-refractivity contribution >= 4 is 17.5 Å². The Morgan fingerprint density at radius 3 is 2.10 bits per heavy atom. The minimum Gasteiger partial charge on any atom is -0.352 e. The maximum Gasteiger partial charge on any atom is 0.217 e. The van der Waals surface area contributed by atoms with Gasteiger partial charge in [-0.3, -0.25) is 14.4 Å². The third-order valence-corrected chi connectivity index (χ3v) is 3.53. The molecule has 2 aromatic carbocycles. The van der Waals surface area contributed by atoms with E-state index in [-0.39, 0.29) is 17.5 Å². The Balaban J connectivity index is 2.04. The van der Waals surface area contributed by atoms with Crippen LogP contribution < -0.4 is 5.32 Å². The first-order chi connectivity index (χ1) is 10.1. The van der Waals surface area contributed by atoms with Crippen molar-refractivity contribution in [3.05, 3.63) is 70.3 Å².